The summed E-state index contributed by atoms with van der Waals surface area (Å²) < 4.78 is 12.0. The Bertz CT molecular complexity index is 1130. The minimum Gasteiger partial charge on any atom is -0.393 e. The zero-order valence-corrected chi connectivity index (χ0v) is 28.3. The van der Waals surface area contributed by atoms with Crippen molar-refractivity contribution in [2.45, 2.75) is 161 Å². The first-order chi connectivity index (χ1) is 20.7. The van der Waals surface area contributed by atoms with Crippen LogP contribution < -0.4 is 0 Å². The van der Waals surface area contributed by atoms with E-state index in [2.05, 4.69) is 34.6 Å². The van der Waals surface area contributed by atoms with Crippen LogP contribution in [0.1, 0.15) is 99.8 Å². The first-order valence-corrected chi connectivity index (χ1v) is 17.4. The quantitative estimate of drug-likeness (QED) is 0.191. The van der Waals surface area contributed by atoms with Crippen LogP contribution in [0.3, 0.4) is 0 Å². The molecule has 0 amide bonds. The third kappa shape index (κ3) is 4.71. The van der Waals surface area contributed by atoms with Crippen LogP contribution in [0.15, 0.2) is 0 Å². The van der Waals surface area contributed by atoms with Gasteiger partial charge < -0.3 is 50.3 Å². The number of hydrogen-bond acceptors (Lipinski definition) is 10. The lowest BCUT2D eigenvalue weighted by Crippen LogP contribution is -2.63. The molecule has 6 rings (SSSR count). The molecule has 0 bridgehead atoms. The van der Waals surface area contributed by atoms with E-state index in [1.54, 1.807) is 0 Å². The minimum atomic E-state index is -1.43. The third-order valence-electron chi connectivity index (χ3n) is 15.1. The van der Waals surface area contributed by atoms with E-state index < -0.39 is 60.0 Å². The summed E-state index contributed by atoms with van der Waals surface area (Å²) in [6, 6.07) is 0. The number of hydrogen-bond donors (Lipinski definition) is 8. The van der Waals surface area contributed by atoms with Crippen LogP contribution in [0, 0.1) is 50.7 Å². The van der Waals surface area contributed by atoms with Gasteiger partial charge in [0.25, 0.3) is 0 Å². The lowest BCUT2D eigenvalue weighted by atomic mass is 9.41. The highest BCUT2D eigenvalue weighted by Crippen LogP contribution is 2.89. The molecule has 5 saturated carbocycles. The van der Waals surface area contributed by atoms with E-state index in [0.717, 1.165) is 32.1 Å². The Labute approximate surface area is 268 Å². The van der Waals surface area contributed by atoms with Crippen LogP contribution >= 0.6 is 0 Å². The average molecular weight is 641 g/mol. The second kappa shape index (κ2) is 10.8. The molecule has 6 fully saturated rings. The maximum absolute atomic E-state index is 12.1. The van der Waals surface area contributed by atoms with Crippen LogP contribution in [0.2, 0.25) is 0 Å². The number of ether oxygens (including phenoxy) is 2. The molecule has 10 heteroatoms. The van der Waals surface area contributed by atoms with Crippen molar-refractivity contribution < 1.29 is 50.3 Å². The summed E-state index contributed by atoms with van der Waals surface area (Å²) in [5.41, 5.74) is -2.25. The van der Waals surface area contributed by atoms with E-state index in [-0.39, 0.29) is 64.5 Å². The van der Waals surface area contributed by atoms with Gasteiger partial charge in [0.05, 0.1) is 36.6 Å². The largest absolute Gasteiger partial charge is 0.393 e. The number of rotatable bonds is 7. The summed E-state index contributed by atoms with van der Waals surface area (Å²) >= 11 is 0. The van der Waals surface area contributed by atoms with Crippen molar-refractivity contribution in [1.82, 2.24) is 0 Å². The Morgan fingerprint density at radius 2 is 1.53 bits per heavy atom. The molecule has 0 unspecified atom stereocenters. The molecule has 5 aliphatic carbocycles. The van der Waals surface area contributed by atoms with Crippen LogP contribution in [0.4, 0.5) is 0 Å². The lowest BCUT2D eigenvalue weighted by Gasteiger charge is -2.64. The number of aliphatic hydroxyl groups is 8. The van der Waals surface area contributed by atoms with Gasteiger partial charge in [0.2, 0.25) is 0 Å². The third-order valence-corrected chi connectivity index (χ3v) is 15.1. The fraction of sp³-hybridized carbons (Fsp3) is 1.00. The maximum atomic E-state index is 12.1. The molecule has 2 spiro atoms. The minimum absolute atomic E-state index is 0.0104. The molecule has 1 heterocycles. The van der Waals surface area contributed by atoms with Gasteiger partial charge in [-0.1, -0.05) is 34.6 Å². The highest BCUT2D eigenvalue weighted by atomic mass is 16.7. The van der Waals surface area contributed by atoms with Crippen molar-refractivity contribution in [1.29, 1.82) is 0 Å². The van der Waals surface area contributed by atoms with Gasteiger partial charge in [0, 0.05) is 0 Å². The molecule has 260 valence electrons. The molecule has 0 aromatic carbocycles. The Hall–Kier alpha value is -0.400. The van der Waals surface area contributed by atoms with E-state index in [1.165, 1.54) is 13.8 Å². The Balaban J connectivity index is 1.23. The topological polar surface area (TPSA) is 180 Å². The van der Waals surface area contributed by atoms with Crippen molar-refractivity contribution in [2.75, 3.05) is 6.61 Å². The summed E-state index contributed by atoms with van der Waals surface area (Å²) in [6.07, 6.45) is -2.47. The number of fused-ring (bicyclic) bond motifs is 2. The van der Waals surface area contributed by atoms with Crippen LogP contribution in [0.25, 0.3) is 0 Å². The summed E-state index contributed by atoms with van der Waals surface area (Å²) in [6.45, 7) is 13.9. The first-order valence-electron chi connectivity index (χ1n) is 17.4. The van der Waals surface area contributed by atoms with Crippen molar-refractivity contribution in [3.63, 3.8) is 0 Å². The van der Waals surface area contributed by atoms with Gasteiger partial charge in [-0.05, 0) is 116 Å². The van der Waals surface area contributed by atoms with Crippen molar-refractivity contribution in [3.05, 3.63) is 0 Å². The molecule has 17 atom stereocenters. The predicted molar refractivity (Wildman–Crippen MR) is 164 cm³/mol. The summed E-state index contributed by atoms with van der Waals surface area (Å²) in [7, 11) is 0. The fourth-order valence-electron chi connectivity index (χ4n) is 12.9. The SMILES string of the molecule is C[C@H](C[C@H](O)[C@H](O)C(C)(C)O)[C@H]1[C@@H](O)C[C@@]2(C)[C@@H]3C[C@H](O)[C@H]4C(C)(C)[C@@H](O[C@@H]5OC[C@@H](O)[C@H](O)[C@H]5O)CC[C@@]45C[C@@]35CC[C@]12C. The Morgan fingerprint density at radius 3 is 2.18 bits per heavy atom. The normalized spacial score (nSPS) is 54.2. The molecule has 45 heavy (non-hydrogen) atoms. The molecule has 1 saturated heterocycles. The molecular weight excluding hydrogens is 580 g/mol. The molecule has 0 radical (unpaired) electrons. The predicted octanol–water partition coefficient (Wildman–Crippen LogP) is 1.71. The van der Waals surface area contributed by atoms with Crippen LogP contribution in [0.5, 0.6) is 0 Å². The Morgan fingerprint density at radius 1 is 0.867 bits per heavy atom. The van der Waals surface area contributed by atoms with Gasteiger partial charge in [0.15, 0.2) is 6.29 Å². The van der Waals surface area contributed by atoms with Gasteiger partial charge in [-0.15, -0.1) is 0 Å². The number of aliphatic hydroxyl groups excluding tert-OH is 7. The molecular formula is C35H60O10. The maximum Gasteiger partial charge on any atom is 0.186 e. The summed E-state index contributed by atoms with van der Waals surface area (Å²) in [5, 5.41) is 86.2. The fourth-order valence-corrected chi connectivity index (χ4v) is 12.9. The van der Waals surface area contributed by atoms with Crippen molar-refractivity contribution in [2.24, 2.45) is 50.7 Å². The van der Waals surface area contributed by atoms with Gasteiger partial charge >= 0.3 is 0 Å². The van der Waals surface area contributed by atoms with Gasteiger partial charge in [0.1, 0.15) is 24.4 Å². The van der Waals surface area contributed by atoms with Crippen molar-refractivity contribution >= 4 is 0 Å². The standard InChI is InChI=1S/C35H60O10/c1-17(12-19(37)28(42)31(4,5)43)24-20(38)14-33(7)22-13-18(36)27-30(2,3)23(45-29-26(41)25(40)21(39)15-44-29)8-9-35(27)16-34(22,35)11-10-32(24,33)6/h17-29,36-43H,8-16H2,1-7H3/t17-,18+,19+,20+,21-,22+,23+,24+,25+,26-,27+,28+,29+,32-,33+,34+,35-/m1/s1. The molecule has 8 N–H and O–H groups in total. The molecule has 0 aromatic rings. The first kappa shape index (κ1) is 34.5. The second-order valence-electron chi connectivity index (χ2n) is 18.1. The highest BCUT2D eigenvalue weighted by Gasteiger charge is 2.84. The smallest absolute Gasteiger partial charge is 0.186 e. The van der Waals surface area contributed by atoms with Crippen molar-refractivity contribution in [3.8, 4) is 0 Å². The zero-order valence-electron chi connectivity index (χ0n) is 28.3. The molecule has 6 aliphatic rings. The lowest BCUT2D eigenvalue weighted by molar-refractivity contribution is -0.306. The average Bonchev–Trinajstić information content (AvgIpc) is 3.52. The van der Waals surface area contributed by atoms with E-state index in [9.17, 15) is 40.9 Å². The molecule has 0 aromatic heterocycles. The van der Waals surface area contributed by atoms with Crippen LogP contribution in [-0.4, -0.2) is 108 Å². The van der Waals surface area contributed by atoms with E-state index in [0.29, 0.717) is 12.8 Å². The highest BCUT2D eigenvalue weighted by molar-refractivity contribution is 5.32. The summed E-state index contributed by atoms with van der Waals surface area (Å²) in [5.74, 6) is 0.0705. The monoisotopic (exact) mass is 640 g/mol. The summed E-state index contributed by atoms with van der Waals surface area (Å²) in [4.78, 5) is 0. The van der Waals surface area contributed by atoms with Crippen LogP contribution in [-0.2, 0) is 9.47 Å². The van der Waals surface area contributed by atoms with E-state index in [1.807, 2.05) is 0 Å². The van der Waals surface area contributed by atoms with E-state index in [4.69, 9.17) is 9.47 Å². The van der Waals surface area contributed by atoms with Gasteiger partial charge in [-0.2, -0.15) is 0 Å². The molecule has 10 nitrogen and oxygen atoms in total. The van der Waals surface area contributed by atoms with E-state index >= 15 is 0 Å². The zero-order chi connectivity index (χ0) is 33.3. The van der Waals surface area contributed by atoms with Gasteiger partial charge in [-0.3, -0.25) is 0 Å². The second-order valence-corrected chi connectivity index (χ2v) is 18.1. The Kier molecular flexibility index (Phi) is 8.27. The van der Waals surface area contributed by atoms with Gasteiger partial charge in [-0.25, -0.2) is 0 Å². The molecule has 1 aliphatic heterocycles.